The number of hydrogen-bond acceptors (Lipinski definition) is 5. The lowest BCUT2D eigenvalue weighted by Gasteiger charge is -2.26. The summed E-state index contributed by atoms with van der Waals surface area (Å²) in [7, 11) is 0. The van der Waals surface area contributed by atoms with E-state index in [9.17, 15) is 0 Å². The van der Waals surface area contributed by atoms with Crippen molar-refractivity contribution in [2.24, 2.45) is 5.92 Å². The van der Waals surface area contributed by atoms with Crippen molar-refractivity contribution in [3.8, 4) is 0 Å². The summed E-state index contributed by atoms with van der Waals surface area (Å²) in [6, 6.07) is 4.83. The molecule has 1 saturated heterocycles. The van der Waals surface area contributed by atoms with Crippen LogP contribution in [0.3, 0.4) is 0 Å². The molecule has 0 amide bonds. The zero-order valence-corrected chi connectivity index (χ0v) is 12.8. The van der Waals surface area contributed by atoms with Crippen LogP contribution in [0.5, 0.6) is 0 Å². The van der Waals surface area contributed by atoms with Crippen LogP contribution in [0, 0.1) is 5.92 Å². The van der Waals surface area contributed by atoms with Crippen LogP contribution >= 0.6 is 0 Å². The average Bonchev–Trinajstić information content (AvgIpc) is 3.21. The van der Waals surface area contributed by atoms with E-state index in [1.807, 2.05) is 6.20 Å². The van der Waals surface area contributed by atoms with Crippen LogP contribution in [-0.4, -0.2) is 55.3 Å². The summed E-state index contributed by atoms with van der Waals surface area (Å²) in [6.07, 6.45) is 4.35. The Kier molecular flexibility index (Phi) is 4.93. The maximum absolute atomic E-state index is 5.35. The minimum absolute atomic E-state index is 0.652. The van der Waals surface area contributed by atoms with Crippen LogP contribution in [0.4, 0.5) is 11.5 Å². The van der Waals surface area contributed by atoms with Crippen molar-refractivity contribution in [1.82, 2.24) is 9.88 Å². The van der Waals surface area contributed by atoms with Crippen LogP contribution in [0.25, 0.3) is 0 Å². The largest absolute Gasteiger partial charge is 0.381 e. The fraction of sp³-hybridized carbons (Fsp3) is 0.688. The summed E-state index contributed by atoms with van der Waals surface area (Å²) in [4.78, 5) is 6.92. The van der Waals surface area contributed by atoms with Crippen LogP contribution in [0.1, 0.15) is 19.8 Å². The van der Waals surface area contributed by atoms with Gasteiger partial charge in [0.25, 0.3) is 0 Å². The highest BCUT2D eigenvalue weighted by Gasteiger charge is 2.32. The van der Waals surface area contributed by atoms with Crippen molar-refractivity contribution >= 4 is 11.5 Å². The number of hydrogen-bond donors (Lipinski definition) is 2. The summed E-state index contributed by atoms with van der Waals surface area (Å²) < 4.78 is 5.35. The van der Waals surface area contributed by atoms with Crippen molar-refractivity contribution in [2.45, 2.75) is 25.8 Å². The van der Waals surface area contributed by atoms with E-state index in [2.05, 4.69) is 39.6 Å². The summed E-state index contributed by atoms with van der Waals surface area (Å²) in [5.41, 5.74) is 1.13. The quantitative estimate of drug-likeness (QED) is 0.753. The Labute approximate surface area is 127 Å². The highest BCUT2D eigenvalue weighted by molar-refractivity contribution is 5.48. The number of anilines is 2. The summed E-state index contributed by atoms with van der Waals surface area (Å²) in [5.74, 6) is 1.77. The molecule has 2 aliphatic rings. The molecule has 3 rings (SSSR count). The molecule has 1 unspecified atom stereocenters. The Balaban J connectivity index is 1.33. The van der Waals surface area contributed by atoms with E-state index in [4.69, 9.17) is 4.74 Å². The Bertz CT molecular complexity index is 430. The maximum atomic E-state index is 5.35. The molecule has 0 aromatic carbocycles. The average molecular weight is 290 g/mol. The molecule has 1 aromatic heterocycles. The topological polar surface area (TPSA) is 49.4 Å². The second kappa shape index (κ2) is 7.09. The molecule has 0 radical (unpaired) electrons. The van der Waals surface area contributed by atoms with Gasteiger partial charge < -0.3 is 15.4 Å². The van der Waals surface area contributed by atoms with E-state index in [-0.39, 0.29) is 0 Å². The first-order chi connectivity index (χ1) is 10.3. The molecule has 1 aliphatic heterocycles. The van der Waals surface area contributed by atoms with Gasteiger partial charge in [-0.25, -0.2) is 4.98 Å². The van der Waals surface area contributed by atoms with Crippen molar-refractivity contribution in [2.75, 3.05) is 50.0 Å². The van der Waals surface area contributed by atoms with Gasteiger partial charge >= 0.3 is 0 Å². The van der Waals surface area contributed by atoms with Crippen molar-refractivity contribution in [1.29, 1.82) is 0 Å². The highest BCUT2D eigenvalue weighted by Crippen LogP contribution is 2.32. The van der Waals surface area contributed by atoms with E-state index < -0.39 is 0 Å². The Morgan fingerprint density at radius 3 is 2.81 bits per heavy atom. The lowest BCUT2D eigenvalue weighted by molar-refractivity contribution is 0.0378. The van der Waals surface area contributed by atoms with Gasteiger partial charge in [-0.3, -0.25) is 4.90 Å². The molecule has 0 bridgehead atoms. The first kappa shape index (κ1) is 14.6. The molecule has 2 heterocycles. The van der Waals surface area contributed by atoms with Crippen molar-refractivity contribution in [3.63, 3.8) is 0 Å². The molecule has 1 saturated carbocycles. The number of nitrogens with one attached hydrogen (secondary N) is 2. The van der Waals surface area contributed by atoms with Gasteiger partial charge in [0, 0.05) is 25.7 Å². The van der Waals surface area contributed by atoms with Crippen LogP contribution in [0.2, 0.25) is 0 Å². The molecule has 1 aromatic rings. The normalized spacial score (nSPS) is 25.6. The van der Waals surface area contributed by atoms with E-state index >= 15 is 0 Å². The Morgan fingerprint density at radius 2 is 2.14 bits per heavy atom. The van der Waals surface area contributed by atoms with Gasteiger partial charge in [0.05, 0.1) is 25.1 Å². The zero-order chi connectivity index (χ0) is 14.5. The molecule has 21 heavy (non-hydrogen) atoms. The van der Waals surface area contributed by atoms with Gasteiger partial charge in [-0.15, -0.1) is 0 Å². The first-order valence-corrected chi connectivity index (χ1v) is 8.08. The highest BCUT2D eigenvalue weighted by atomic mass is 16.5. The van der Waals surface area contributed by atoms with Gasteiger partial charge in [0.1, 0.15) is 5.82 Å². The summed E-state index contributed by atoms with van der Waals surface area (Å²) >= 11 is 0. The van der Waals surface area contributed by atoms with Crippen LogP contribution < -0.4 is 10.6 Å². The minimum atomic E-state index is 0.652. The Morgan fingerprint density at radius 1 is 1.33 bits per heavy atom. The lowest BCUT2D eigenvalue weighted by atomic mass is 10.3. The number of morpholine rings is 1. The molecule has 5 nitrogen and oxygen atoms in total. The molecular formula is C16H26N4O. The molecule has 2 atom stereocenters. The number of rotatable bonds is 7. The number of pyridine rings is 1. The molecule has 2 fully saturated rings. The van der Waals surface area contributed by atoms with Gasteiger partial charge in [0.2, 0.25) is 0 Å². The van der Waals surface area contributed by atoms with Gasteiger partial charge in [-0.2, -0.15) is 0 Å². The second-order valence-electron chi connectivity index (χ2n) is 6.13. The van der Waals surface area contributed by atoms with Crippen molar-refractivity contribution < 1.29 is 4.74 Å². The van der Waals surface area contributed by atoms with E-state index in [1.165, 1.54) is 6.42 Å². The molecular weight excluding hydrogens is 264 g/mol. The predicted octanol–water partition coefficient (Wildman–Crippen LogP) is 2.04. The third-order valence-corrected chi connectivity index (χ3v) is 4.29. The number of aromatic nitrogens is 1. The van der Waals surface area contributed by atoms with Crippen LogP contribution in [-0.2, 0) is 4.74 Å². The standard InChI is InChI=1S/C16H26N4O/c1-13-11-15(13)19-14-3-4-16(18-12-14)17-5-2-6-20-7-9-21-10-8-20/h3-4,12-13,15,19H,2,5-11H2,1H3,(H,17,18)/t13?,15-/m0/s1. The van der Waals surface area contributed by atoms with Gasteiger partial charge in [0.15, 0.2) is 0 Å². The van der Waals surface area contributed by atoms with Gasteiger partial charge in [-0.05, 0) is 37.4 Å². The summed E-state index contributed by atoms with van der Waals surface area (Å²) in [6.45, 7) is 8.27. The lowest BCUT2D eigenvalue weighted by Crippen LogP contribution is -2.37. The fourth-order valence-corrected chi connectivity index (χ4v) is 2.66. The third kappa shape index (κ3) is 4.58. The zero-order valence-electron chi connectivity index (χ0n) is 12.8. The van der Waals surface area contributed by atoms with E-state index in [0.29, 0.717) is 6.04 Å². The maximum Gasteiger partial charge on any atom is 0.126 e. The minimum Gasteiger partial charge on any atom is -0.381 e. The molecule has 116 valence electrons. The molecule has 2 N–H and O–H groups in total. The first-order valence-electron chi connectivity index (χ1n) is 8.08. The monoisotopic (exact) mass is 290 g/mol. The number of ether oxygens (including phenoxy) is 1. The molecule has 5 heteroatoms. The number of nitrogens with zero attached hydrogens (tertiary/aromatic N) is 2. The summed E-state index contributed by atoms with van der Waals surface area (Å²) in [5, 5.41) is 6.89. The third-order valence-electron chi connectivity index (χ3n) is 4.29. The van der Waals surface area contributed by atoms with Crippen molar-refractivity contribution in [3.05, 3.63) is 18.3 Å². The molecule has 1 aliphatic carbocycles. The predicted molar refractivity (Wildman–Crippen MR) is 85.8 cm³/mol. The van der Waals surface area contributed by atoms with E-state index in [1.54, 1.807) is 0 Å². The smallest absolute Gasteiger partial charge is 0.126 e. The fourth-order valence-electron chi connectivity index (χ4n) is 2.66. The SMILES string of the molecule is CC1C[C@@H]1Nc1ccc(NCCCN2CCOCC2)nc1. The van der Waals surface area contributed by atoms with E-state index in [0.717, 1.165) is 63.2 Å². The Hall–Kier alpha value is -1.33. The van der Waals surface area contributed by atoms with Gasteiger partial charge in [-0.1, -0.05) is 6.92 Å². The second-order valence-corrected chi connectivity index (χ2v) is 6.13. The molecule has 0 spiro atoms. The van der Waals surface area contributed by atoms with Crippen LogP contribution in [0.15, 0.2) is 18.3 Å².